The molecule has 1 heterocycles. The number of H-pyrrole nitrogens is 1. The maximum absolute atomic E-state index is 8.28. The summed E-state index contributed by atoms with van der Waals surface area (Å²) in [7, 11) is 0. The molecule has 0 unspecified atom stereocenters. The van der Waals surface area contributed by atoms with Crippen molar-refractivity contribution in [3.8, 4) is 17.5 Å². The first-order valence-corrected chi connectivity index (χ1v) is 5.09. The summed E-state index contributed by atoms with van der Waals surface area (Å²) < 4.78 is 0. The summed E-state index contributed by atoms with van der Waals surface area (Å²) in [5, 5.41) is 10.6. The van der Waals surface area contributed by atoms with Crippen LogP contribution in [0, 0.1) is 18.4 Å². The number of imidazole rings is 1. The van der Waals surface area contributed by atoms with Gasteiger partial charge in [0.25, 0.3) is 0 Å². The topological polar surface area (TPSA) is 76.9 Å². The number of aromatic amines is 1. The van der Waals surface area contributed by atoms with Crippen LogP contribution in [0.25, 0.3) is 11.3 Å². The van der Waals surface area contributed by atoms with Gasteiger partial charge in [-0.15, -0.1) is 0 Å². The van der Waals surface area contributed by atoms with E-state index in [1.807, 2.05) is 31.2 Å². The van der Waals surface area contributed by atoms with Crippen molar-refractivity contribution in [3.05, 3.63) is 36.3 Å². The van der Waals surface area contributed by atoms with Crippen molar-refractivity contribution >= 4 is 12.0 Å². The van der Waals surface area contributed by atoms with Crippen LogP contribution in [0.1, 0.15) is 5.82 Å². The van der Waals surface area contributed by atoms with E-state index in [0.29, 0.717) is 0 Å². The second-order valence-corrected chi connectivity index (χ2v) is 3.44. The average molecular weight is 225 g/mol. The van der Waals surface area contributed by atoms with Crippen molar-refractivity contribution in [1.29, 1.82) is 5.26 Å². The van der Waals surface area contributed by atoms with Crippen LogP contribution < -0.4 is 5.32 Å². The van der Waals surface area contributed by atoms with Gasteiger partial charge in [0.1, 0.15) is 12.2 Å². The molecule has 0 saturated heterocycles. The Hall–Kier alpha value is -2.61. The SMILES string of the molecule is Cc1ncc(-c2ccc(N=CNC#N)cc2)[nH]1. The van der Waals surface area contributed by atoms with Crippen LogP contribution >= 0.6 is 0 Å². The molecule has 0 spiro atoms. The molecule has 2 rings (SSSR count). The number of aryl methyl sites for hydroxylation is 1. The summed E-state index contributed by atoms with van der Waals surface area (Å²) in [4.78, 5) is 11.4. The largest absolute Gasteiger partial charge is 0.342 e. The first kappa shape index (κ1) is 10.9. The van der Waals surface area contributed by atoms with Crippen molar-refractivity contribution in [2.75, 3.05) is 0 Å². The maximum Gasteiger partial charge on any atom is 0.182 e. The van der Waals surface area contributed by atoms with E-state index in [4.69, 9.17) is 5.26 Å². The Morgan fingerprint density at radius 1 is 1.41 bits per heavy atom. The lowest BCUT2D eigenvalue weighted by atomic mass is 10.1. The Balaban J connectivity index is 2.16. The van der Waals surface area contributed by atoms with E-state index >= 15 is 0 Å². The molecule has 0 aliphatic heterocycles. The molecule has 2 aromatic rings. The number of nitrogens with one attached hydrogen (secondary N) is 2. The van der Waals surface area contributed by atoms with Crippen LogP contribution in [0.2, 0.25) is 0 Å². The third kappa shape index (κ3) is 2.69. The number of nitrogens with zero attached hydrogens (tertiary/aromatic N) is 3. The molecule has 2 N–H and O–H groups in total. The molecule has 1 aromatic heterocycles. The zero-order valence-corrected chi connectivity index (χ0v) is 9.31. The lowest BCUT2D eigenvalue weighted by molar-refractivity contribution is 1.15. The van der Waals surface area contributed by atoms with Crippen molar-refractivity contribution < 1.29 is 0 Å². The predicted molar refractivity (Wildman–Crippen MR) is 65.7 cm³/mol. The lowest BCUT2D eigenvalue weighted by Gasteiger charge is -1.98. The fourth-order valence-corrected chi connectivity index (χ4v) is 1.43. The van der Waals surface area contributed by atoms with Gasteiger partial charge in [0, 0.05) is 0 Å². The monoisotopic (exact) mass is 225 g/mol. The second kappa shape index (κ2) is 4.94. The molecular weight excluding hydrogens is 214 g/mol. The Bertz CT molecular complexity index is 559. The highest BCUT2D eigenvalue weighted by Crippen LogP contribution is 2.20. The number of aliphatic imine (C=N–C) groups is 1. The first-order valence-electron chi connectivity index (χ1n) is 5.09. The average Bonchev–Trinajstić information content (AvgIpc) is 2.77. The Labute approximate surface area is 98.8 Å². The number of aromatic nitrogens is 2. The van der Waals surface area contributed by atoms with Gasteiger partial charge in [0.15, 0.2) is 6.19 Å². The summed E-state index contributed by atoms with van der Waals surface area (Å²) in [6, 6.07) is 7.65. The Morgan fingerprint density at radius 3 is 2.76 bits per heavy atom. The minimum Gasteiger partial charge on any atom is -0.342 e. The highest BCUT2D eigenvalue weighted by molar-refractivity contribution is 5.65. The van der Waals surface area contributed by atoms with Crippen molar-refractivity contribution in [1.82, 2.24) is 15.3 Å². The van der Waals surface area contributed by atoms with Gasteiger partial charge in [0.05, 0.1) is 17.6 Å². The van der Waals surface area contributed by atoms with Crippen LogP contribution in [0.4, 0.5) is 5.69 Å². The molecule has 5 heteroatoms. The van der Waals surface area contributed by atoms with E-state index in [2.05, 4.69) is 20.3 Å². The number of rotatable bonds is 3. The van der Waals surface area contributed by atoms with Gasteiger partial charge in [-0.05, 0) is 24.6 Å². The highest BCUT2D eigenvalue weighted by atomic mass is 14.9. The molecule has 17 heavy (non-hydrogen) atoms. The first-order chi connectivity index (χ1) is 8.29. The van der Waals surface area contributed by atoms with Crippen molar-refractivity contribution in [2.24, 2.45) is 4.99 Å². The van der Waals surface area contributed by atoms with Crippen LogP contribution in [-0.2, 0) is 0 Å². The smallest absolute Gasteiger partial charge is 0.182 e. The van der Waals surface area contributed by atoms with E-state index in [0.717, 1.165) is 22.8 Å². The Kier molecular flexibility index (Phi) is 3.17. The van der Waals surface area contributed by atoms with E-state index in [1.54, 1.807) is 12.4 Å². The van der Waals surface area contributed by atoms with Crippen LogP contribution in [0.3, 0.4) is 0 Å². The minimum absolute atomic E-state index is 0.785. The van der Waals surface area contributed by atoms with E-state index < -0.39 is 0 Å². The molecule has 0 aliphatic carbocycles. The molecule has 0 bridgehead atoms. The zero-order valence-electron chi connectivity index (χ0n) is 9.31. The standard InChI is InChI=1S/C12H11N5/c1-9-15-6-12(17-9)10-2-4-11(5-3-10)16-8-14-7-13/h2-6,8H,1H3,(H,14,16)(H,15,17). The molecule has 0 amide bonds. The molecule has 0 saturated carbocycles. The fourth-order valence-electron chi connectivity index (χ4n) is 1.43. The molecular formula is C12H11N5. The molecule has 0 fully saturated rings. The summed E-state index contributed by atoms with van der Waals surface area (Å²) in [6.45, 7) is 1.91. The van der Waals surface area contributed by atoms with Gasteiger partial charge in [-0.1, -0.05) is 12.1 Å². The van der Waals surface area contributed by atoms with Gasteiger partial charge < -0.3 is 4.98 Å². The third-order valence-electron chi connectivity index (χ3n) is 2.22. The summed E-state index contributed by atoms with van der Waals surface area (Å²) in [5.74, 6) is 0.889. The van der Waals surface area contributed by atoms with Crippen LogP contribution in [-0.4, -0.2) is 16.3 Å². The number of hydrogen-bond acceptors (Lipinski definition) is 3. The Morgan fingerprint density at radius 2 is 2.18 bits per heavy atom. The van der Waals surface area contributed by atoms with Gasteiger partial charge in [-0.3, -0.25) is 5.32 Å². The van der Waals surface area contributed by atoms with Crippen LogP contribution in [0.15, 0.2) is 35.5 Å². The van der Waals surface area contributed by atoms with Crippen LogP contribution in [0.5, 0.6) is 0 Å². The fraction of sp³-hybridized carbons (Fsp3) is 0.0833. The summed E-state index contributed by atoms with van der Waals surface area (Å²) >= 11 is 0. The maximum atomic E-state index is 8.28. The number of benzene rings is 1. The molecule has 1 aromatic carbocycles. The highest BCUT2D eigenvalue weighted by Gasteiger charge is 1.99. The van der Waals surface area contributed by atoms with Crippen molar-refractivity contribution in [3.63, 3.8) is 0 Å². The number of nitriles is 1. The zero-order chi connectivity index (χ0) is 12.1. The lowest BCUT2D eigenvalue weighted by Crippen LogP contribution is -1.98. The summed E-state index contributed by atoms with van der Waals surface area (Å²) in [6.07, 6.45) is 4.92. The molecule has 84 valence electrons. The number of hydrogen-bond donors (Lipinski definition) is 2. The molecule has 5 nitrogen and oxygen atoms in total. The summed E-state index contributed by atoms with van der Waals surface area (Å²) in [5.41, 5.74) is 2.82. The normalized spacial score (nSPS) is 10.4. The van der Waals surface area contributed by atoms with E-state index in [1.165, 1.54) is 6.34 Å². The van der Waals surface area contributed by atoms with Gasteiger partial charge in [-0.2, -0.15) is 5.26 Å². The minimum atomic E-state index is 0.785. The van der Waals surface area contributed by atoms with Gasteiger partial charge >= 0.3 is 0 Å². The van der Waals surface area contributed by atoms with E-state index in [-0.39, 0.29) is 0 Å². The van der Waals surface area contributed by atoms with Crippen molar-refractivity contribution in [2.45, 2.75) is 6.92 Å². The van der Waals surface area contributed by atoms with Gasteiger partial charge in [0.2, 0.25) is 0 Å². The predicted octanol–water partition coefficient (Wildman–Crippen LogP) is 2.12. The third-order valence-corrected chi connectivity index (χ3v) is 2.22. The quantitative estimate of drug-likeness (QED) is 0.363. The second-order valence-electron chi connectivity index (χ2n) is 3.44. The molecule has 0 aliphatic rings. The molecule has 0 radical (unpaired) electrons. The molecule has 0 atom stereocenters. The van der Waals surface area contributed by atoms with E-state index in [9.17, 15) is 0 Å². The van der Waals surface area contributed by atoms with Gasteiger partial charge in [-0.25, -0.2) is 9.98 Å².